The van der Waals surface area contributed by atoms with Crippen molar-refractivity contribution in [3.05, 3.63) is 0 Å². The van der Waals surface area contributed by atoms with Crippen molar-refractivity contribution < 1.29 is 4.79 Å². The van der Waals surface area contributed by atoms with E-state index in [9.17, 15) is 4.79 Å². The lowest BCUT2D eigenvalue weighted by Gasteiger charge is -2.39. The number of amides is 2. The Hall–Kier alpha value is -1.06. The average molecular weight is 211 g/mol. The van der Waals surface area contributed by atoms with Crippen LogP contribution in [-0.4, -0.2) is 28.3 Å². The van der Waals surface area contributed by atoms with Gasteiger partial charge in [-0.25, -0.2) is 4.79 Å². The highest BCUT2D eigenvalue weighted by Gasteiger charge is 2.47. The molecule has 1 atom stereocenters. The highest BCUT2D eigenvalue weighted by Crippen LogP contribution is 2.33. The normalized spacial score (nSPS) is 26.3. The molecule has 1 unspecified atom stereocenters. The topological polar surface area (TPSA) is 58.7 Å². The second kappa shape index (κ2) is 4.21. The Kier molecular flexibility index (Phi) is 3.37. The third kappa shape index (κ3) is 1.73. The molecule has 2 N–H and O–H groups in total. The fraction of sp³-hybridized carbons (Fsp3) is 0.818. The van der Waals surface area contributed by atoms with E-state index in [0.717, 1.165) is 19.3 Å². The first-order valence-electron chi connectivity index (χ1n) is 5.67. The Morgan fingerprint density at radius 3 is 2.47 bits per heavy atom. The van der Waals surface area contributed by atoms with Gasteiger partial charge in [-0.1, -0.05) is 20.3 Å². The Morgan fingerprint density at radius 1 is 1.47 bits per heavy atom. The summed E-state index contributed by atoms with van der Waals surface area (Å²) in [6.45, 7) is 8.18. The lowest BCUT2D eigenvalue weighted by molar-refractivity contribution is 0.137. The van der Waals surface area contributed by atoms with Gasteiger partial charge in [-0.2, -0.15) is 4.99 Å². The summed E-state index contributed by atoms with van der Waals surface area (Å²) in [5.41, 5.74) is 5.58. The van der Waals surface area contributed by atoms with E-state index in [4.69, 9.17) is 5.73 Å². The third-order valence-electron chi connectivity index (χ3n) is 3.12. The number of nitrogens with two attached hydrogens (primary N) is 1. The fourth-order valence-electron chi connectivity index (χ4n) is 2.47. The first-order chi connectivity index (χ1) is 6.99. The molecule has 0 fully saturated rings. The number of hydrogen-bond acceptors (Lipinski definition) is 2. The highest BCUT2D eigenvalue weighted by molar-refractivity contribution is 6.05. The molecular weight excluding hydrogens is 190 g/mol. The monoisotopic (exact) mass is 211 g/mol. The minimum atomic E-state index is -0.333. The van der Waals surface area contributed by atoms with Gasteiger partial charge in [0.1, 0.15) is 11.4 Å². The number of carbonyl (C=O) groups excluding carboxylic acids is 1. The summed E-state index contributed by atoms with van der Waals surface area (Å²) >= 11 is 0. The number of nitrogens with zero attached hydrogens (tertiary/aromatic N) is 2. The first-order valence-corrected chi connectivity index (χ1v) is 5.67. The lowest BCUT2D eigenvalue weighted by atomic mass is 9.87. The number of urea groups is 1. The standard InChI is InChI=1S/C11H21N3O/c1-5-7-11(6-2)9(12)13-10(15)14(11)8(3)4/h8H,5-7H2,1-4H3,(H2,12,13,15). The molecule has 0 saturated heterocycles. The predicted octanol–water partition coefficient (Wildman–Crippen LogP) is 2.14. The summed E-state index contributed by atoms with van der Waals surface area (Å²) in [5.74, 6) is 0.491. The quantitative estimate of drug-likeness (QED) is 0.774. The minimum absolute atomic E-state index is 0.147. The summed E-state index contributed by atoms with van der Waals surface area (Å²) < 4.78 is 0. The van der Waals surface area contributed by atoms with Crippen molar-refractivity contribution in [1.82, 2.24) is 4.90 Å². The summed E-state index contributed by atoms with van der Waals surface area (Å²) in [6.07, 6.45) is 2.73. The van der Waals surface area contributed by atoms with Gasteiger partial charge in [0.2, 0.25) is 0 Å². The Labute approximate surface area is 91.5 Å². The van der Waals surface area contributed by atoms with Gasteiger partial charge in [0.15, 0.2) is 0 Å². The third-order valence-corrected chi connectivity index (χ3v) is 3.12. The van der Waals surface area contributed by atoms with Crippen LogP contribution in [0.3, 0.4) is 0 Å². The zero-order valence-electron chi connectivity index (χ0n) is 10.1. The SMILES string of the molecule is CCCC1(CC)C(N)=NC(=O)N1C(C)C. The van der Waals surface area contributed by atoms with E-state index >= 15 is 0 Å². The van der Waals surface area contributed by atoms with Gasteiger partial charge in [0, 0.05) is 6.04 Å². The van der Waals surface area contributed by atoms with Gasteiger partial charge in [0.05, 0.1) is 0 Å². The highest BCUT2D eigenvalue weighted by atomic mass is 16.2. The van der Waals surface area contributed by atoms with Crippen LogP contribution in [0.1, 0.15) is 47.0 Å². The van der Waals surface area contributed by atoms with E-state index in [-0.39, 0.29) is 17.6 Å². The van der Waals surface area contributed by atoms with Gasteiger partial charge in [-0.05, 0) is 26.7 Å². The molecule has 0 aromatic carbocycles. The Bertz CT molecular complexity index is 286. The predicted molar refractivity (Wildman–Crippen MR) is 61.9 cm³/mol. The Balaban J connectivity index is 3.09. The van der Waals surface area contributed by atoms with Crippen molar-refractivity contribution in [2.24, 2.45) is 10.7 Å². The molecule has 1 aliphatic heterocycles. The molecule has 0 saturated carbocycles. The number of carbonyl (C=O) groups is 1. The molecule has 1 aliphatic rings. The zero-order valence-corrected chi connectivity index (χ0v) is 10.1. The second-order valence-corrected chi connectivity index (χ2v) is 4.38. The minimum Gasteiger partial charge on any atom is -0.385 e. The van der Waals surface area contributed by atoms with E-state index in [1.807, 2.05) is 18.7 Å². The molecular formula is C11H21N3O. The number of aliphatic imine (C=N–C) groups is 1. The molecule has 15 heavy (non-hydrogen) atoms. The molecule has 0 aliphatic carbocycles. The molecule has 0 radical (unpaired) electrons. The first kappa shape index (κ1) is 12.0. The molecule has 0 aromatic rings. The maximum absolute atomic E-state index is 11.7. The summed E-state index contributed by atoms with van der Waals surface area (Å²) in [7, 11) is 0. The van der Waals surface area contributed by atoms with Crippen LogP contribution >= 0.6 is 0 Å². The number of amidine groups is 1. The Morgan fingerprint density at radius 2 is 2.07 bits per heavy atom. The van der Waals surface area contributed by atoms with E-state index in [0.29, 0.717) is 5.84 Å². The smallest absolute Gasteiger partial charge is 0.346 e. The molecule has 0 aromatic heterocycles. The van der Waals surface area contributed by atoms with Crippen molar-refractivity contribution in [1.29, 1.82) is 0 Å². The zero-order chi connectivity index (χ0) is 11.6. The van der Waals surface area contributed by atoms with E-state index in [1.165, 1.54) is 0 Å². The molecule has 4 nitrogen and oxygen atoms in total. The maximum Gasteiger partial charge on any atom is 0.346 e. The maximum atomic E-state index is 11.7. The molecule has 4 heteroatoms. The van der Waals surface area contributed by atoms with Crippen LogP contribution in [-0.2, 0) is 0 Å². The van der Waals surface area contributed by atoms with E-state index in [1.54, 1.807) is 0 Å². The molecule has 2 amide bonds. The van der Waals surface area contributed by atoms with Crippen molar-refractivity contribution in [2.45, 2.75) is 58.5 Å². The van der Waals surface area contributed by atoms with Crippen molar-refractivity contribution in [2.75, 3.05) is 0 Å². The average Bonchev–Trinajstić information content (AvgIpc) is 2.39. The van der Waals surface area contributed by atoms with Crippen LogP contribution in [0.5, 0.6) is 0 Å². The molecule has 0 spiro atoms. The van der Waals surface area contributed by atoms with Crippen LogP contribution in [0.4, 0.5) is 4.79 Å². The van der Waals surface area contributed by atoms with Crippen LogP contribution in [0, 0.1) is 0 Å². The number of rotatable bonds is 4. The molecule has 0 bridgehead atoms. The molecule has 1 rings (SSSR count). The van der Waals surface area contributed by atoms with Gasteiger partial charge in [0.25, 0.3) is 0 Å². The van der Waals surface area contributed by atoms with Crippen LogP contribution in [0.2, 0.25) is 0 Å². The summed E-state index contributed by atoms with van der Waals surface area (Å²) in [4.78, 5) is 17.5. The second-order valence-electron chi connectivity index (χ2n) is 4.38. The van der Waals surface area contributed by atoms with Crippen LogP contribution in [0.25, 0.3) is 0 Å². The van der Waals surface area contributed by atoms with Crippen LogP contribution < -0.4 is 5.73 Å². The van der Waals surface area contributed by atoms with Crippen molar-refractivity contribution in [3.8, 4) is 0 Å². The van der Waals surface area contributed by atoms with Crippen molar-refractivity contribution in [3.63, 3.8) is 0 Å². The van der Waals surface area contributed by atoms with Gasteiger partial charge in [-0.3, -0.25) is 0 Å². The van der Waals surface area contributed by atoms with Gasteiger partial charge >= 0.3 is 6.03 Å². The molecule has 86 valence electrons. The molecule has 1 heterocycles. The van der Waals surface area contributed by atoms with E-state index in [2.05, 4.69) is 18.8 Å². The van der Waals surface area contributed by atoms with Crippen molar-refractivity contribution >= 4 is 11.9 Å². The summed E-state index contributed by atoms with van der Waals surface area (Å²) in [5, 5.41) is 0. The summed E-state index contributed by atoms with van der Waals surface area (Å²) in [6, 6.07) is -0.0356. The van der Waals surface area contributed by atoms with Gasteiger partial charge in [-0.15, -0.1) is 0 Å². The fourth-order valence-corrected chi connectivity index (χ4v) is 2.47. The van der Waals surface area contributed by atoms with Gasteiger partial charge < -0.3 is 10.6 Å². The largest absolute Gasteiger partial charge is 0.385 e. The number of hydrogen-bond donors (Lipinski definition) is 1. The van der Waals surface area contributed by atoms with Crippen LogP contribution in [0.15, 0.2) is 4.99 Å². The van der Waals surface area contributed by atoms with E-state index < -0.39 is 0 Å². The lowest BCUT2D eigenvalue weighted by Crippen LogP contribution is -2.56.